The van der Waals surface area contributed by atoms with Crippen LogP contribution in [-0.2, 0) is 15.6 Å². The number of halogens is 1. The maximum Gasteiger partial charge on any atom is 0.255 e. The van der Waals surface area contributed by atoms with Crippen molar-refractivity contribution in [1.29, 1.82) is 0 Å². The maximum atomic E-state index is 12.5. The molecule has 0 aliphatic heterocycles. The Hall–Kier alpha value is -2.38. The van der Waals surface area contributed by atoms with Crippen molar-refractivity contribution in [2.75, 3.05) is 24.7 Å². The zero-order chi connectivity index (χ0) is 20.9. The minimum absolute atomic E-state index is 0.137. The van der Waals surface area contributed by atoms with Crippen LogP contribution in [0.25, 0.3) is 0 Å². The van der Waals surface area contributed by atoms with Gasteiger partial charge in [0.25, 0.3) is 11.8 Å². The van der Waals surface area contributed by atoms with Gasteiger partial charge >= 0.3 is 0 Å². The predicted octanol–water partition coefficient (Wildman–Crippen LogP) is 3.62. The first kappa shape index (κ1) is 21.9. The van der Waals surface area contributed by atoms with E-state index >= 15 is 0 Å². The average Bonchev–Trinajstić information content (AvgIpc) is 2.61. The predicted molar refractivity (Wildman–Crippen MR) is 112 cm³/mol. The summed E-state index contributed by atoms with van der Waals surface area (Å²) in [7, 11) is -3.19. The topological polar surface area (TPSA) is 83.6 Å². The van der Waals surface area contributed by atoms with Gasteiger partial charge in [0.05, 0.1) is 16.3 Å². The van der Waals surface area contributed by atoms with Crippen LogP contribution >= 0.6 is 11.6 Å². The van der Waals surface area contributed by atoms with Gasteiger partial charge in [-0.05, 0) is 49.7 Å². The molecule has 0 radical (unpaired) electrons. The minimum Gasteiger partial charge on any atom is -0.339 e. The molecule has 0 atom stereocenters. The number of rotatable bonds is 7. The van der Waals surface area contributed by atoms with Crippen LogP contribution in [0.2, 0.25) is 5.02 Å². The van der Waals surface area contributed by atoms with Gasteiger partial charge in [-0.25, -0.2) is 8.42 Å². The summed E-state index contributed by atoms with van der Waals surface area (Å²) in [5.74, 6) is -0.696. The highest BCUT2D eigenvalue weighted by molar-refractivity contribution is 7.89. The molecule has 0 saturated carbocycles. The number of nitrogens with zero attached hydrogens (tertiary/aromatic N) is 1. The third kappa shape index (κ3) is 5.81. The Morgan fingerprint density at radius 3 is 2.32 bits per heavy atom. The van der Waals surface area contributed by atoms with Gasteiger partial charge in [0.15, 0.2) is 9.84 Å². The highest BCUT2D eigenvalue weighted by Crippen LogP contribution is 2.23. The van der Waals surface area contributed by atoms with E-state index in [1.807, 2.05) is 13.8 Å². The number of sulfone groups is 1. The summed E-state index contributed by atoms with van der Waals surface area (Å²) in [5.41, 5.74) is 1.69. The number of hydrogen-bond acceptors (Lipinski definition) is 4. The van der Waals surface area contributed by atoms with Crippen LogP contribution in [0.4, 0.5) is 5.69 Å². The van der Waals surface area contributed by atoms with Crippen LogP contribution in [-0.4, -0.2) is 44.5 Å². The van der Waals surface area contributed by atoms with Crippen molar-refractivity contribution >= 4 is 38.9 Å². The van der Waals surface area contributed by atoms with E-state index in [1.54, 1.807) is 35.2 Å². The van der Waals surface area contributed by atoms with E-state index in [0.717, 1.165) is 6.26 Å². The van der Waals surface area contributed by atoms with Crippen molar-refractivity contribution in [3.8, 4) is 0 Å². The number of carbonyl (C=O) groups excluding carboxylic acids is 2. The van der Waals surface area contributed by atoms with Crippen LogP contribution in [0.15, 0.2) is 42.5 Å². The molecular weight excluding hydrogens is 400 g/mol. The monoisotopic (exact) mass is 422 g/mol. The molecule has 2 rings (SSSR count). The molecule has 0 fully saturated rings. The van der Waals surface area contributed by atoms with Crippen LogP contribution in [0.1, 0.15) is 40.1 Å². The molecule has 8 heteroatoms. The molecule has 0 heterocycles. The van der Waals surface area contributed by atoms with E-state index in [4.69, 9.17) is 11.6 Å². The van der Waals surface area contributed by atoms with Crippen molar-refractivity contribution in [2.45, 2.75) is 19.6 Å². The van der Waals surface area contributed by atoms with Crippen LogP contribution < -0.4 is 5.32 Å². The van der Waals surface area contributed by atoms with Crippen molar-refractivity contribution in [1.82, 2.24) is 4.90 Å². The molecule has 0 aromatic heterocycles. The van der Waals surface area contributed by atoms with E-state index in [9.17, 15) is 18.0 Å². The zero-order valence-electron chi connectivity index (χ0n) is 16.0. The Bertz CT molecular complexity index is 985. The lowest BCUT2D eigenvalue weighted by Gasteiger charge is -2.19. The van der Waals surface area contributed by atoms with E-state index in [0.29, 0.717) is 35.5 Å². The smallest absolute Gasteiger partial charge is 0.255 e. The quantitative estimate of drug-likeness (QED) is 0.738. The van der Waals surface area contributed by atoms with Gasteiger partial charge in [0.2, 0.25) is 0 Å². The standard InChI is InChI=1S/C20H23ClN2O4S/c1-4-23(5-2)20(25)17-10-9-16(12-18(17)21)22-19(24)15-8-6-7-14(11-15)13-28(3,26)27/h6-12H,4-5,13H2,1-3H3,(H,22,24). The number of benzene rings is 2. The van der Waals surface area contributed by atoms with Gasteiger partial charge < -0.3 is 10.2 Å². The minimum atomic E-state index is -3.19. The van der Waals surface area contributed by atoms with Crippen molar-refractivity contribution in [3.05, 3.63) is 64.2 Å². The second kappa shape index (κ2) is 9.21. The number of anilines is 1. The van der Waals surface area contributed by atoms with Crippen LogP contribution in [0, 0.1) is 0 Å². The Kier molecular flexibility index (Phi) is 7.21. The molecule has 2 amide bonds. The largest absolute Gasteiger partial charge is 0.339 e. The van der Waals surface area contributed by atoms with Gasteiger partial charge in [-0.1, -0.05) is 23.7 Å². The van der Waals surface area contributed by atoms with E-state index in [-0.39, 0.29) is 16.7 Å². The molecule has 0 spiro atoms. The van der Waals surface area contributed by atoms with E-state index in [2.05, 4.69) is 5.32 Å². The number of hydrogen-bond donors (Lipinski definition) is 1. The van der Waals surface area contributed by atoms with Crippen LogP contribution in [0.5, 0.6) is 0 Å². The normalized spacial score (nSPS) is 11.1. The zero-order valence-corrected chi connectivity index (χ0v) is 17.6. The molecule has 28 heavy (non-hydrogen) atoms. The summed E-state index contributed by atoms with van der Waals surface area (Å²) in [6.45, 7) is 4.94. The van der Waals surface area contributed by atoms with E-state index in [1.165, 1.54) is 12.1 Å². The van der Waals surface area contributed by atoms with Crippen LogP contribution in [0.3, 0.4) is 0 Å². The molecule has 1 N–H and O–H groups in total. The lowest BCUT2D eigenvalue weighted by Crippen LogP contribution is -2.30. The lowest BCUT2D eigenvalue weighted by molar-refractivity contribution is 0.0773. The van der Waals surface area contributed by atoms with Gasteiger partial charge in [-0.3, -0.25) is 9.59 Å². The molecule has 0 saturated heterocycles. The Labute approximate surface area is 170 Å². The van der Waals surface area contributed by atoms with Gasteiger partial charge in [-0.15, -0.1) is 0 Å². The molecule has 6 nitrogen and oxygen atoms in total. The fourth-order valence-corrected chi connectivity index (χ4v) is 3.80. The fourth-order valence-electron chi connectivity index (χ4n) is 2.76. The highest BCUT2D eigenvalue weighted by atomic mass is 35.5. The van der Waals surface area contributed by atoms with Crippen molar-refractivity contribution in [2.24, 2.45) is 0 Å². The second-order valence-electron chi connectivity index (χ2n) is 6.40. The van der Waals surface area contributed by atoms with Crippen molar-refractivity contribution < 1.29 is 18.0 Å². The highest BCUT2D eigenvalue weighted by Gasteiger charge is 2.17. The van der Waals surface area contributed by atoms with E-state index < -0.39 is 15.7 Å². The summed E-state index contributed by atoms with van der Waals surface area (Å²) in [4.78, 5) is 26.6. The molecule has 2 aromatic rings. The number of amides is 2. The molecule has 150 valence electrons. The maximum absolute atomic E-state index is 12.5. The Morgan fingerprint density at radius 2 is 1.75 bits per heavy atom. The number of nitrogens with one attached hydrogen (secondary N) is 1. The lowest BCUT2D eigenvalue weighted by atomic mass is 10.1. The van der Waals surface area contributed by atoms with Gasteiger partial charge in [-0.2, -0.15) is 0 Å². The first-order valence-electron chi connectivity index (χ1n) is 8.81. The van der Waals surface area contributed by atoms with Gasteiger partial charge in [0, 0.05) is 30.6 Å². The molecule has 0 unspecified atom stereocenters. The summed E-state index contributed by atoms with van der Waals surface area (Å²) in [6, 6.07) is 11.1. The molecule has 2 aromatic carbocycles. The Balaban J connectivity index is 2.18. The first-order chi connectivity index (χ1) is 13.1. The SMILES string of the molecule is CCN(CC)C(=O)c1ccc(NC(=O)c2cccc(CS(C)(=O)=O)c2)cc1Cl. The molecule has 0 aliphatic carbocycles. The molecular formula is C20H23ClN2O4S. The average molecular weight is 423 g/mol. The molecule has 0 aliphatic rings. The first-order valence-corrected chi connectivity index (χ1v) is 11.2. The van der Waals surface area contributed by atoms with Gasteiger partial charge in [0.1, 0.15) is 0 Å². The van der Waals surface area contributed by atoms with Crippen molar-refractivity contribution in [3.63, 3.8) is 0 Å². The Morgan fingerprint density at radius 1 is 1.07 bits per heavy atom. The second-order valence-corrected chi connectivity index (χ2v) is 8.94. The number of carbonyl (C=O) groups is 2. The summed E-state index contributed by atoms with van der Waals surface area (Å²) in [6.07, 6.45) is 1.14. The third-order valence-corrected chi connectivity index (χ3v) is 5.30. The summed E-state index contributed by atoms with van der Waals surface area (Å²) in [5, 5.41) is 2.97. The fraction of sp³-hybridized carbons (Fsp3) is 0.300. The molecule has 0 bridgehead atoms. The third-order valence-electron chi connectivity index (χ3n) is 4.13. The summed E-state index contributed by atoms with van der Waals surface area (Å²) < 4.78 is 22.9. The summed E-state index contributed by atoms with van der Waals surface area (Å²) >= 11 is 6.24.